The van der Waals surface area contributed by atoms with Crippen LogP contribution in [-0.4, -0.2) is 5.97 Å². The van der Waals surface area contributed by atoms with Crippen LogP contribution in [0.25, 0.3) is 0 Å². The van der Waals surface area contributed by atoms with Crippen molar-refractivity contribution in [2.24, 2.45) is 0 Å². The molecule has 2 aromatic rings. The second-order valence-electron chi connectivity index (χ2n) is 5.40. The average Bonchev–Trinajstić information content (AvgIpc) is 2.56. The Hall–Kier alpha value is -2.07. The van der Waals surface area contributed by atoms with Crippen LogP contribution < -0.4 is 9.47 Å². The molecule has 0 saturated heterocycles. The molecule has 128 valence electrons. The largest absolute Gasteiger partial charge is 0.487 e. The van der Waals surface area contributed by atoms with Gasteiger partial charge in [-0.25, -0.2) is 4.39 Å². The third-order valence-electron chi connectivity index (χ3n) is 3.73. The van der Waals surface area contributed by atoms with Gasteiger partial charge in [-0.1, -0.05) is 37.6 Å². The average molecular weight is 351 g/mol. The molecule has 0 saturated carbocycles. The van der Waals surface area contributed by atoms with Crippen molar-refractivity contribution in [1.29, 1.82) is 0 Å². The number of rotatable bonds is 6. The summed E-state index contributed by atoms with van der Waals surface area (Å²) < 4.78 is 24.9. The highest BCUT2D eigenvalue weighted by Gasteiger charge is 2.13. The predicted octanol–water partition coefficient (Wildman–Crippen LogP) is 5.24. The molecule has 0 aromatic heterocycles. The van der Waals surface area contributed by atoms with Crippen LogP contribution in [0.3, 0.4) is 0 Å². The smallest absolute Gasteiger partial charge is 0.310 e. The maximum atomic E-state index is 13.9. The molecule has 2 rings (SSSR count). The lowest BCUT2D eigenvalue weighted by Gasteiger charge is -2.15. The minimum absolute atomic E-state index is 0.129. The van der Waals surface area contributed by atoms with Crippen molar-refractivity contribution in [2.75, 3.05) is 0 Å². The maximum absolute atomic E-state index is 13.9. The second kappa shape index (κ2) is 8.15. The molecule has 2 aromatic carbocycles. The first-order chi connectivity index (χ1) is 11.5. The van der Waals surface area contributed by atoms with Gasteiger partial charge in [0.15, 0.2) is 0 Å². The highest BCUT2D eigenvalue weighted by atomic mass is 35.5. The van der Waals surface area contributed by atoms with E-state index in [1.54, 1.807) is 25.1 Å². The minimum atomic E-state index is -0.348. The minimum Gasteiger partial charge on any atom is -0.487 e. The fourth-order valence-corrected chi connectivity index (χ4v) is 2.49. The Morgan fingerprint density at radius 2 is 1.96 bits per heavy atom. The topological polar surface area (TPSA) is 35.5 Å². The van der Waals surface area contributed by atoms with Gasteiger partial charge in [-0.15, -0.1) is 0 Å². The van der Waals surface area contributed by atoms with Gasteiger partial charge < -0.3 is 9.47 Å². The lowest BCUT2D eigenvalue weighted by molar-refractivity contribution is -0.134. The molecule has 0 N–H and O–H groups in total. The van der Waals surface area contributed by atoms with E-state index in [0.29, 0.717) is 22.8 Å². The van der Waals surface area contributed by atoms with Crippen LogP contribution in [0.5, 0.6) is 11.5 Å². The number of benzene rings is 2. The Kier molecular flexibility index (Phi) is 6.21. The Bertz CT molecular complexity index is 744. The summed E-state index contributed by atoms with van der Waals surface area (Å²) in [6, 6.07) is 8.27. The summed E-state index contributed by atoms with van der Waals surface area (Å²) in [5.41, 5.74) is 2.19. The van der Waals surface area contributed by atoms with E-state index in [9.17, 15) is 9.18 Å². The molecule has 0 aliphatic rings. The fourth-order valence-electron chi connectivity index (χ4n) is 2.25. The quantitative estimate of drug-likeness (QED) is 0.527. The number of esters is 1. The van der Waals surface area contributed by atoms with Gasteiger partial charge in [0.25, 0.3) is 0 Å². The first-order valence-electron chi connectivity index (χ1n) is 7.86. The normalized spacial score (nSPS) is 10.5. The van der Waals surface area contributed by atoms with Crippen LogP contribution >= 0.6 is 11.6 Å². The Balaban J connectivity index is 2.23. The highest BCUT2D eigenvalue weighted by Crippen LogP contribution is 2.30. The van der Waals surface area contributed by atoms with Crippen LogP contribution in [0.4, 0.5) is 4.39 Å². The Morgan fingerprint density at radius 3 is 2.62 bits per heavy atom. The number of hydrogen-bond donors (Lipinski definition) is 0. The van der Waals surface area contributed by atoms with Gasteiger partial charge in [0.2, 0.25) is 0 Å². The van der Waals surface area contributed by atoms with E-state index in [2.05, 4.69) is 0 Å². The molecular weight excluding hydrogens is 331 g/mol. The molecule has 0 spiro atoms. The monoisotopic (exact) mass is 350 g/mol. The summed E-state index contributed by atoms with van der Waals surface area (Å²) in [6.07, 6.45) is 0.838. The fraction of sp³-hybridized carbons (Fsp3) is 0.316. The molecule has 0 fully saturated rings. The summed E-state index contributed by atoms with van der Waals surface area (Å²) in [7, 11) is 0. The van der Waals surface area contributed by atoms with E-state index in [-0.39, 0.29) is 30.6 Å². The maximum Gasteiger partial charge on any atom is 0.310 e. The zero-order chi connectivity index (χ0) is 17.7. The predicted molar refractivity (Wildman–Crippen MR) is 92.2 cm³/mol. The van der Waals surface area contributed by atoms with Crippen molar-refractivity contribution in [3.63, 3.8) is 0 Å². The SMILES string of the molecule is CCC(=O)Oc1cccc(C)c1COc1cc(F)c(CC)cc1Cl. The molecular formula is C19H20ClFO3. The number of halogens is 2. The molecule has 0 unspecified atom stereocenters. The van der Waals surface area contributed by atoms with E-state index in [0.717, 1.165) is 11.1 Å². The molecule has 0 aliphatic heterocycles. The molecule has 0 aliphatic carbocycles. The highest BCUT2D eigenvalue weighted by molar-refractivity contribution is 6.32. The van der Waals surface area contributed by atoms with Crippen LogP contribution in [0, 0.1) is 12.7 Å². The molecule has 5 heteroatoms. The van der Waals surface area contributed by atoms with E-state index >= 15 is 0 Å². The standard InChI is InChI=1S/C19H20ClFO3/c1-4-13-9-15(20)18(10-16(13)21)23-11-14-12(3)7-6-8-17(14)24-19(22)5-2/h6-10H,4-5,11H2,1-3H3. The third-order valence-corrected chi connectivity index (χ3v) is 4.03. The van der Waals surface area contributed by atoms with E-state index in [1.165, 1.54) is 6.07 Å². The molecule has 0 atom stereocenters. The number of aryl methyl sites for hydroxylation is 2. The van der Waals surface area contributed by atoms with Crippen LogP contribution in [0.2, 0.25) is 5.02 Å². The number of carbonyl (C=O) groups is 1. The number of carbonyl (C=O) groups excluding carboxylic acids is 1. The summed E-state index contributed by atoms with van der Waals surface area (Å²) in [6.45, 7) is 5.61. The van der Waals surface area contributed by atoms with E-state index in [1.807, 2.05) is 19.9 Å². The van der Waals surface area contributed by atoms with Gasteiger partial charge in [0, 0.05) is 18.1 Å². The van der Waals surface area contributed by atoms with Crippen molar-refractivity contribution in [1.82, 2.24) is 0 Å². The number of hydrogen-bond acceptors (Lipinski definition) is 3. The van der Waals surface area contributed by atoms with Crippen LogP contribution in [0.1, 0.15) is 37.0 Å². The van der Waals surface area contributed by atoms with Crippen LogP contribution in [-0.2, 0) is 17.8 Å². The molecule has 3 nitrogen and oxygen atoms in total. The second-order valence-corrected chi connectivity index (χ2v) is 5.80. The third kappa shape index (κ3) is 4.26. The Morgan fingerprint density at radius 1 is 1.21 bits per heavy atom. The first kappa shape index (κ1) is 18.3. The number of ether oxygens (including phenoxy) is 2. The van der Waals surface area contributed by atoms with Gasteiger partial charge in [0.05, 0.1) is 5.02 Å². The molecule has 0 heterocycles. The zero-order valence-electron chi connectivity index (χ0n) is 14.0. The molecule has 0 amide bonds. The molecule has 0 radical (unpaired) electrons. The lowest BCUT2D eigenvalue weighted by atomic mass is 10.1. The van der Waals surface area contributed by atoms with Gasteiger partial charge in [-0.3, -0.25) is 4.79 Å². The summed E-state index contributed by atoms with van der Waals surface area (Å²) in [5.74, 6) is 0.0450. The van der Waals surface area contributed by atoms with Crippen molar-refractivity contribution in [3.8, 4) is 11.5 Å². The zero-order valence-corrected chi connectivity index (χ0v) is 14.7. The summed E-state index contributed by atoms with van der Waals surface area (Å²) in [4.78, 5) is 11.6. The van der Waals surface area contributed by atoms with Gasteiger partial charge in [-0.2, -0.15) is 0 Å². The van der Waals surface area contributed by atoms with E-state index < -0.39 is 0 Å². The van der Waals surface area contributed by atoms with Gasteiger partial charge in [-0.05, 0) is 36.6 Å². The summed E-state index contributed by atoms with van der Waals surface area (Å²) >= 11 is 6.16. The van der Waals surface area contributed by atoms with Gasteiger partial charge in [0.1, 0.15) is 23.9 Å². The Labute approximate surface area is 146 Å². The van der Waals surface area contributed by atoms with E-state index in [4.69, 9.17) is 21.1 Å². The molecule has 0 bridgehead atoms. The van der Waals surface area contributed by atoms with Crippen molar-refractivity contribution >= 4 is 17.6 Å². The summed E-state index contributed by atoms with van der Waals surface area (Å²) in [5, 5.41) is 0.355. The molecule has 24 heavy (non-hydrogen) atoms. The van der Waals surface area contributed by atoms with Crippen molar-refractivity contribution in [3.05, 3.63) is 57.9 Å². The van der Waals surface area contributed by atoms with Gasteiger partial charge >= 0.3 is 5.97 Å². The lowest BCUT2D eigenvalue weighted by Crippen LogP contribution is -2.09. The van der Waals surface area contributed by atoms with Crippen molar-refractivity contribution in [2.45, 2.75) is 40.2 Å². The van der Waals surface area contributed by atoms with Crippen LogP contribution in [0.15, 0.2) is 30.3 Å². The van der Waals surface area contributed by atoms with Crippen molar-refractivity contribution < 1.29 is 18.7 Å². The first-order valence-corrected chi connectivity index (χ1v) is 8.23.